The number of aliphatic hydroxyl groups excluding tert-OH is 1. The van der Waals surface area contributed by atoms with Gasteiger partial charge in [0, 0.05) is 25.1 Å². The number of likely N-dealkylation sites (tertiary alicyclic amines) is 1. The zero-order chi connectivity index (χ0) is 18.6. The minimum Gasteiger partial charge on any atom is -0.448 e. The van der Waals surface area contributed by atoms with Crippen LogP contribution in [0.4, 0.5) is 4.79 Å². The molecule has 1 atom stereocenters. The van der Waals surface area contributed by atoms with E-state index in [1.807, 2.05) is 4.90 Å². The topological polar surface area (TPSA) is 49.8 Å². The highest BCUT2D eigenvalue weighted by atomic mass is 16.6. The van der Waals surface area contributed by atoms with Crippen molar-refractivity contribution in [1.29, 1.82) is 0 Å². The molecule has 2 aromatic rings. The Morgan fingerprint density at radius 2 is 1.70 bits per heavy atom. The Bertz CT molecular complexity index is 758. The first-order valence-electron chi connectivity index (χ1n) is 10.0. The number of benzene rings is 2. The molecular formula is C23H27NO3. The van der Waals surface area contributed by atoms with Crippen molar-refractivity contribution in [1.82, 2.24) is 4.90 Å². The van der Waals surface area contributed by atoms with E-state index in [1.165, 1.54) is 22.3 Å². The van der Waals surface area contributed by atoms with Gasteiger partial charge in [0.1, 0.15) is 6.61 Å². The molecule has 2 aromatic carbocycles. The molecular weight excluding hydrogens is 338 g/mol. The molecule has 4 nitrogen and oxygen atoms in total. The summed E-state index contributed by atoms with van der Waals surface area (Å²) in [5.41, 5.74) is 4.96. The molecule has 4 rings (SSSR count). The van der Waals surface area contributed by atoms with Gasteiger partial charge in [-0.15, -0.1) is 0 Å². The standard InChI is InChI=1S/C23H27NO3/c25-15-7-9-17-8-5-6-14-24(17)23(26)27-16-22-20-12-3-1-10-18(20)19-11-2-4-13-21(19)22/h1-4,10-13,17,22,25H,5-9,14-16H2. The SMILES string of the molecule is O=C(OCC1c2ccccc2-c2ccccc21)N1CCCCC1CCCO. The normalized spacial score (nSPS) is 18.9. The fourth-order valence-electron chi connectivity index (χ4n) is 4.54. The number of ether oxygens (including phenoxy) is 1. The molecule has 0 aromatic heterocycles. The van der Waals surface area contributed by atoms with Crippen LogP contribution in [0.2, 0.25) is 0 Å². The highest BCUT2D eigenvalue weighted by Gasteiger charge is 2.31. The van der Waals surface area contributed by atoms with Gasteiger partial charge < -0.3 is 14.7 Å². The number of fused-ring (bicyclic) bond motifs is 3. The Labute approximate surface area is 160 Å². The van der Waals surface area contributed by atoms with E-state index >= 15 is 0 Å². The number of carbonyl (C=O) groups excluding carboxylic acids is 1. The molecule has 1 fully saturated rings. The first kappa shape index (κ1) is 18.1. The summed E-state index contributed by atoms with van der Waals surface area (Å²) in [5.74, 6) is 0.0991. The Morgan fingerprint density at radius 3 is 2.37 bits per heavy atom. The Hall–Kier alpha value is -2.33. The average Bonchev–Trinajstić information content (AvgIpc) is 3.04. The lowest BCUT2D eigenvalue weighted by molar-refractivity contribution is 0.0671. The van der Waals surface area contributed by atoms with E-state index in [-0.39, 0.29) is 24.7 Å². The van der Waals surface area contributed by atoms with Gasteiger partial charge in [0.15, 0.2) is 0 Å². The molecule has 0 bridgehead atoms. The number of hydrogen-bond donors (Lipinski definition) is 1. The van der Waals surface area contributed by atoms with Gasteiger partial charge >= 0.3 is 6.09 Å². The van der Waals surface area contributed by atoms with Crippen molar-refractivity contribution in [2.45, 2.75) is 44.1 Å². The molecule has 1 unspecified atom stereocenters. The minimum absolute atomic E-state index is 0.0991. The summed E-state index contributed by atoms with van der Waals surface area (Å²) in [5, 5.41) is 9.12. The first-order valence-corrected chi connectivity index (χ1v) is 10.0. The predicted molar refractivity (Wildman–Crippen MR) is 106 cm³/mol. The van der Waals surface area contributed by atoms with Crippen molar-refractivity contribution in [3.8, 4) is 11.1 Å². The summed E-state index contributed by atoms with van der Waals surface area (Å²) in [6, 6.07) is 17.0. The molecule has 1 N–H and O–H groups in total. The van der Waals surface area contributed by atoms with Crippen molar-refractivity contribution < 1.29 is 14.6 Å². The fraction of sp³-hybridized carbons (Fsp3) is 0.435. The van der Waals surface area contributed by atoms with Gasteiger partial charge in [0.05, 0.1) is 0 Å². The highest BCUT2D eigenvalue weighted by molar-refractivity contribution is 5.79. The maximum atomic E-state index is 12.8. The van der Waals surface area contributed by atoms with Gasteiger partial charge in [-0.3, -0.25) is 0 Å². The Morgan fingerprint density at radius 1 is 1.04 bits per heavy atom. The Balaban J connectivity index is 1.47. The predicted octanol–water partition coefficient (Wildman–Crippen LogP) is 4.56. The van der Waals surface area contributed by atoms with E-state index in [2.05, 4.69) is 48.5 Å². The van der Waals surface area contributed by atoms with E-state index in [0.29, 0.717) is 6.61 Å². The fourth-order valence-corrected chi connectivity index (χ4v) is 4.54. The summed E-state index contributed by atoms with van der Waals surface area (Å²) in [6.07, 6.45) is 4.55. The molecule has 1 aliphatic carbocycles. The lowest BCUT2D eigenvalue weighted by Gasteiger charge is -2.35. The van der Waals surface area contributed by atoms with Crippen molar-refractivity contribution in [3.63, 3.8) is 0 Å². The van der Waals surface area contributed by atoms with Crippen LogP contribution < -0.4 is 0 Å². The zero-order valence-electron chi connectivity index (χ0n) is 15.6. The van der Waals surface area contributed by atoms with E-state index < -0.39 is 0 Å². The number of hydrogen-bond acceptors (Lipinski definition) is 3. The van der Waals surface area contributed by atoms with Crippen LogP contribution in [0.5, 0.6) is 0 Å². The van der Waals surface area contributed by atoms with Gasteiger partial charge in [-0.1, -0.05) is 48.5 Å². The smallest absolute Gasteiger partial charge is 0.410 e. The van der Waals surface area contributed by atoms with Crippen molar-refractivity contribution in [2.24, 2.45) is 0 Å². The van der Waals surface area contributed by atoms with Crippen LogP contribution in [0, 0.1) is 0 Å². The molecule has 1 heterocycles. The van der Waals surface area contributed by atoms with Crippen molar-refractivity contribution in [2.75, 3.05) is 19.8 Å². The molecule has 0 saturated carbocycles. The number of aliphatic hydroxyl groups is 1. The van der Waals surface area contributed by atoms with E-state index in [0.717, 1.165) is 38.6 Å². The van der Waals surface area contributed by atoms with Crippen LogP contribution in [0.15, 0.2) is 48.5 Å². The molecule has 2 aliphatic rings. The monoisotopic (exact) mass is 365 g/mol. The van der Waals surface area contributed by atoms with Crippen LogP contribution in [0.25, 0.3) is 11.1 Å². The van der Waals surface area contributed by atoms with Crippen molar-refractivity contribution >= 4 is 6.09 Å². The summed E-state index contributed by atoms with van der Waals surface area (Å²) in [7, 11) is 0. The third kappa shape index (κ3) is 3.59. The van der Waals surface area contributed by atoms with Gasteiger partial charge in [-0.2, -0.15) is 0 Å². The maximum Gasteiger partial charge on any atom is 0.410 e. The molecule has 1 aliphatic heterocycles. The second-order valence-corrected chi connectivity index (χ2v) is 7.51. The summed E-state index contributed by atoms with van der Waals surface area (Å²) in [4.78, 5) is 14.7. The molecule has 1 saturated heterocycles. The molecule has 142 valence electrons. The highest BCUT2D eigenvalue weighted by Crippen LogP contribution is 2.44. The second kappa shape index (κ2) is 8.13. The lowest BCUT2D eigenvalue weighted by atomic mass is 9.98. The number of amides is 1. The lowest BCUT2D eigenvalue weighted by Crippen LogP contribution is -2.44. The Kier molecular flexibility index (Phi) is 5.44. The van der Waals surface area contributed by atoms with E-state index in [1.54, 1.807) is 0 Å². The van der Waals surface area contributed by atoms with Crippen LogP contribution in [-0.2, 0) is 4.74 Å². The first-order chi connectivity index (χ1) is 13.3. The summed E-state index contributed by atoms with van der Waals surface area (Å²) >= 11 is 0. The molecule has 4 heteroatoms. The number of carbonyl (C=O) groups is 1. The van der Waals surface area contributed by atoms with Crippen LogP contribution in [0.3, 0.4) is 0 Å². The van der Waals surface area contributed by atoms with Gasteiger partial charge in [0.25, 0.3) is 0 Å². The third-order valence-electron chi connectivity index (χ3n) is 5.89. The summed E-state index contributed by atoms with van der Waals surface area (Å²) < 4.78 is 5.81. The molecule has 27 heavy (non-hydrogen) atoms. The molecule has 0 spiro atoms. The van der Waals surface area contributed by atoms with Crippen molar-refractivity contribution in [3.05, 3.63) is 59.7 Å². The van der Waals surface area contributed by atoms with Crippen LogP contribution in [-0.4, -0.2) is 41.9 Å². The average molecular weight is 365 g/mol. The quantitative estimate of drug-likeness (QED) is 0.845. The van der Waals surface area contributed by atoms with Gasteiger partial charge in [-0.05, 0) is 54.4 Å². The van der Waals surface area contributed by atoms with Crippen LogP contribution in [0.1, 0.15) is 49.1 Å². The summed E-state index contributed by atoms with van der Waals surface area (Å²) in [6.45, 7) is 1.30. The number of piperidine rings is 1. The number of rotatable bonds is 5. The van der Waals surface area contributed by atoms with E-state index in [9.17, 15) is 4.79 Å². The molecule has 1 amide bonds. The second-order valence-electron chi connectivity index (χ2n) is 7.51. The maximum absolute atomic E-state index is 12.8. The van der Waals surface area contributed by atoms with Crippen LogP contribution >= 0.6 is 0 Å². The molecule has 0 radical (unpaired) electrons. The minimum atomic E-state index is -0.209. The van der Waals surface area contributed by atoms with Gasteiger partial charge in [-0.25, -0.2) is 4.79 Å². The number of nitrogens with zero attached hydrogens (tertiary/aromatic N) is 1. The van der Waals surface area contributed by atoms with E-state index in [4.69, 9.17) is 9.84 Å². The third-order valence-corrected chi connectivity index (χ3v) is 5.89. The largest absolute Gasteiger partial charge is 0.448 e. The van der Waals surface area contributed by atoms with Gasteiger partial charge in [0.2, 0.25) is 0 Å². The zero-order valence-corrected chi connectivity index (χ0v) is 15.6.